The summed E-state index contributed by atoms with van der Waals surface area (Å²) in [6, 6.07) is 17.5. The first kappa shape index (κ1) is 19.3. The highest BCUT2D eigenvalue weighted by molar-refractivity contribution is 7.98. The minimum Gasteiger partial charge on any atom is -0.274 e. The number of aromatic nitrogens is 5. The number of hydrogen-bond acceptors (Lipinski definition) is 7. The number of carbonyl (C=O) groups is 1. The molecule has 1 amide bonds. The van der Waals surface area contributed by atoms with Gasteiger partial charge in [0.25, 0.3) is 0 Å². The Balaban J connectivity index is 1.50. The van der Waals surface area contributed by atoms with Gasteiger partial charge >= 0.3 is 0 Å². The molecule has 2 heterocycles. The lowest BCUT2D eigenvalue weighted by atomic mass is 10.2. The zero-order valence-electron chi connectivity index (χ0n) is 15.9. The van der Waals surface area contributed by atoms with Crippen LogP contribution >= 0.6 is 23.1 Å². The molecule has 29 heavy (non-hydrogen) atoms. The van der Waals surface area contributed by atoms with Gasteiger partial charge in [-0.1, -0.05) is 47.7 Å². The van der Waals surface area contributed by atoms with Crippen LogP contribution in [0.5, 0.6) is 0 Å². The fourth-order valence-electron chi connectivity index (χ4n) is 2.72. The SMILES string of the molecule is CC(=O)N(c1ccccc1)c1nc(CSc2nnnn2-c2ccc(C)cc2)cs1. The van der Waals surface area contributed by atoms with Crippen LogP contribution < -0.4 is 4.90 Å². The number of nitrogens with zero attached hydrogens (tertiary/aromatic N) is 6. The second kappa shape index (κ2) is 8.54. The number of para-hydroxylation sites is 1. The minimum absolute atomic E-state index is 0.0759. The van der Waals surface area contributed by atoms with E-state index in [0.29, 0.717) is 16.0 Å². The predicted molar refractivity (Wildman–Crippen MR) is 115 cm³/mol. The van der Waals surface area contributed by atoms with Crippen molar-refractivity contribution in [3.05, 3.63) is 71.2 Å². The molecule has 7 nitrogen and oxygen atoms in total. The van der Waals surface area contributed by atoms with Gasteiger partial charge in [-0.15, -0.1) is 16.4 Å². The molecule has 0 unspecified atom stereocenters. The van der Waals surface area contributed by atoms with E-state index >= 15 is 0 Å². The zero-order chi connectivity index (χ0) is 20.2. The predicted octanol–water partition coefficient (Wildman–Crippen LogP) is 4.40. The van der Waals surface area contributed by atoms with Gasteiger partial charge in [0, 0.05) is 18.1 Å². The molecule has 0 atom stereocenters. The van der Waals surface area contributed by atoms with Gasteiger partial charge in [-0.05, 0) is 41.6 Å². The van der Waals surface area contributed by atoms with Crippen molar-refractivity contribution in [1.82, 2.24) is 25.2 Å². The van der Waals surface area contributed by atoms with E-state index in [9.17, 15) is 4.79 Å². The Bertz CT molecular complexity index is 1110. The quantitative estimate of drug-likeness (QED) is 0.429. The molecule has 146 valence electrons. The summed E-state index contributed by atoms with van der Waals surface area (Å²) in [6.07, 6.45) is 0. The molecule has 0 spiro atoms. The van der Waals surface area contributed by atoms with E-state index in [-0.39, 0.29) is 5.91 Å². The van der Waals surface area contributed by atoms with Crippen LogP contribution in [0.1, 0.15) is 18.2 Å². The Hall–Kier alpha value is -3.04. The number of aryl methyl sites for hydroxylation is 1. The number of thioether (sulfide) groups is 1. The van der Waals surface area contributed by atoms with Crippen molar-refractivity contribution in [2.45, 2.75) is 24.8 Å². The van der Waals surface area contributed by atoms with Gasteiger partial charge < -0.3 is 0 Å². The van der Waals surface area contributed by atoms with Gasteiger partial charge in [-0.3, -0.25) is 9.69 Å². The van der Waals surface area contributed by atoms with Crippen molar-refractivity contribution in [1.29, 1.82) is 0 Å². The van der Waals surface area contributed by atoms with Crippen molar-refractivity contribution in [3.63, 3.8) is 0 Å². The molecule has 2 aromatic heterocycles. The van der Waals surface area contributed by atoms with Crippen LogP contribution in [-0.2, 0) is 10.5 Å². The Morgan fingerprint density at radius 3 is 2.62 bits per heavy atom. The fourth-order valence-corrected chi connectivity index (χ4v) is 4.50. The third kappa shape index (κ3) is 4.36. The first-order valence-electron chi connectivity index (χ1n) is 8.90. The maximum atomic E-state index is 12.2. The molecule has 9 heteroatoms. The number of rotatable bonds is 6. The number of benzene rings is 2. The molecule has 0 saturated carbocycles. The highest BCUT2D eigenvalue weighted by Gasteiger charge is 2.18. The van der Waals surface area contributed by atoms with Crippen LogP contribution in [0, 0.1) is 6.92 Å². The molecule has 0 radical (unpaired) electrons. The molecular formula is C20H18N6OS2. The molecule has 2 aromatic carbocycles. The first-order valence-corrected chi connectivity index (χ1v) is 10.8. The summed E-state index contributed by atoms with van der Waals surface area (Å²) < 4.78 is 1.71. The van der Waals surface area contributed by atoms with Crippen LogP contribution in [-0.4, -0.2) is 31.1 Å². The third-order valence-electron chi connectivity index (χ3n) is 4.13. The number of anilines is 2. The van der Waals surface area contributed by atoms with E-state index in [0.717, 1.165) is 17.1 Å². The summed E-state index contributed by atoms with van der Waals surface area (Å²) in [6.45, 7) is 3.58. The number of amides is 1. The molecule has 0 N–H and O–H groups in total. The number of tetrazole rings is 1. The van der Waals surface area contributed by atoms with Gasteiger partial charge in [-0.25, -0.2) is 4.98 Å². The summed E-state index contributed by atoms with van der Waals surface area (Å²) in [5.41, 5.74) is 3.76. The highest BCUT2D eigenvalue weighted by Crippen LogP contribution is 2.31. The van der Waals surface area contributed by atoms with Crippen molar-refractivity contribution >= 4 is 39.8 Å². The third-order valence-corrected chi connectivity index (χ3v) is 5.96. The minimum atomic E-state index is -0.0759. The van der Waals surface area contributed by atoms with Crippen LogP contribution in [0.15, 0.2) is 65.1 Å². The topological polar surface area (TPSA) is 76.8 Å². The summed E-state index contributed by atoms with van der Waals surface area (Å²) in [7, 11) is 0. The second-order valence-corrected chi connectivity index (χ2v) is 8.09. The molecule has 0 saturated heterocycles. The van der Waals surface area contributed by atoms with E-state index in [1.807, 2.05) is 66.9 Å². The highest BCUT2D eigenvalue weighted by atomic mass is 32.2. The molecule has 4 rings (SSSR count). The molecular weight excluding hydrogens is 404 g/mol. The Morgan fingerprint density at radius 2 is 1.90 bits per heavy atom. The first-order chi connectivity index (χ1) is 14.1. The van der Waals surface area contributed by atoms with Gasteiger partial charge in [0.1, 0.15) is 0 Å². The maximum absolute atomic E-state index is 12.2. The Kier molecular flexibility index (Phi) is 5.68. The van der Waals surface area contributed by atoms with Gasteiger partial charge in [0.2, 0.25) is 11.1 Å². The van der Waals surface area contributed by atoms with E-state index in [2.05, 4.69) is 20.5 Å². The lowest BCUT2D eigenvalue weighted by molar-refractivity contribution is -0.115. The lowest BCUT2D eigenvalue weighted by Crippen LogP contribution is -2.22. The lowest BCUT2D eigenvalue weighted by Gasteiger charge is -2.17. The van der Waals surface area contributed by atoms with Crippen molar-refractivity contribution in [3.8, 4) is 5.69 Å². The van der Waals surface area contributed by atoms with Crippen LogP contribution in [0.2, 0.25) is 0 Å². The van der Waals surface area contributed by atoms with E-state index in [1.54, 1.807) is 16.5 Å². The fraction of sp³-hybridized carbons (Fsp3) is 0.150. The molecule has 0 fully saturated rings. The summed E-state index contributed by atoms with van der Waals surface area (Å²) >= 11 is 2.95. The van der Waals surface area contributed by atoms with Crippen molar-refractivity contribution in [2.24, 2.45) is 0 Å². The van der Waals surface area contributed by atoms with E-state index < -0.39 is 0 Å². The average Bonchev–Trinajstić information content (AvgIpc) is 3.37. The van der Waals surface area contributed by atoms with Crippen molar-refractivity contribution in [2.75, 3.05) is 4.90 Å². The number of carbonyl (C=O) groups excluding carboxylic acids is 1. The van der Waals surface area contributed by atoms with Crippen LogP contribution in [0.4, 0.5) is 10.8 Å². The average molecular weight is 423 g/mol. The van der Waals surface area contributed by atoms with Gasteiger partial charge in [0.15, 0.2) is 5.13 Å². The standard InChI is InChI=1S/C20H18N6OS2/c1-14-8-10-18(11-9-14)26-20(22-23-24-26)29-13-16-12-28-19(21-16)25(15(2)27)17-6-4-3-5-7-17/h3-12H,13H2,1-2H3. The number of hydrogen-bond donors (Lipinski definition) is 0. The molecule has 0 bridgehead atoms. The maximum Gasteiger partial charge on any atom is 0.230 e. The number of thiazole rings is 1. The Morgan fingerprint density at radius 1 is 1.14 bits per heavy atom. The molecule has 0 aliphatic rings. The molecule has 4 aromatic rings. The normalized spacial score (nSPS) is 10.8. The van der Waals surface area contributed by atoms with Gasteiger partial charge in [0.05, 0.1) is 17.1 Å². The summed E-state index contributed by atoms with van der Waals surface area (Å²) in [4.78, 5) is 18.4. The van der Waals surface area contributed by atoms with Gasteiger partial charge in [-0.2, -0.15) is 4.68 Å². The van der Waals surface area contributed by atoms with Crippen LogP contribution in [0.3, 0.4) is 0 Å². The van der Waals surface area contributed by atoms with E-state index in [4.69, 9.17) is 0 Å². The zero-order valence-corrected chi connectivity index (χ0v) is 17.5. The summed E-state index contributed by atoms with van der Waals surface area (Å²) in [5, 5.41) is 15.3. The monoisotopic (exact) mass is 422 g/mol. The second-order valence-electron chi connectivity index (χ2n) is 6.31. The molecule has 0 aliphatic heterocycles. The summed E-state index contributed by atoms with van der Waals surface area (Å²) in [5.74, 6) is 0.525. The largest absolute Gasteiger partial charge is 0.274 e. The smallest absolute Gasteiger partial charge is 0.230 e. The van der Waals surface area contributed by atoms with Crippen molar-refractivity contribution < 1.29 is 4.79 Å². The van der Waals surface area contributed by atoms with Crippen LogP contribution in [0.25, 0.3) is 5.69 Å². The van der Waals surface area contributed by atoms with E-state index in [1.165, 1.54) is 28.7 Å². The molecule has 0 aliphatic carbocycles. The Labute approximate surface area is 176 Å².